The Kier molecular flexibility index (Phi) is 5.53. The fourth-order valence-electron chi connectivity index (χ4n) is 1.20. The van der Waals surface area contributed by atoms with Gasteiger partial charge in [0, 0.05) is 18.0 Å². The minimum absolute atomic E-state index is 0.0549. The summed E-state index contributed by atoms with van der Waals surface area (Å²) in [5.41, 5.74) is -0.0549. The fraction of sp³-hybridized carbons (Fsp3) is 0.273. The van der Waals surface area contributed by atoms with Crippen LogP contribution in [0.15, 0.2) is 18.2 Å². The Bertz CT molecular complexity index is 484. The van der Waals surface area contributed by atoms with Gasteiger partial charge in [0.15, 0.2) is 6.10 Å². The second-order valence-electron chi connectivity index (χ2n) is 3.65. The van der Waals surface area contributed by atoms with Crippen LogP contribution < -0.4 is 10.6 Å². The highest BCUT2D eigenvalue weighted by molar-refractivity contribution is 6.30. The fourth-order valence-corrected chi connectivity index (χ4v) is 1.36. The minimum atomic E-state index is -1.55. The highest BCUT2D eigenvalue weighted by Crippen LogP contribution is 2.18. The van der Waals surface area contributed by atoms with E-state index in [-0.39, 0.29) is 23.7 Å². The number of rotatable bonds is 5. The number of hydrogen-bond acceptors (Lipinski definition) is 3. The molecule has 0 aliphatic rings. The number of carbonyl (C=O) groups excluding carboxylic acids is 1. The molecule has 104 valence electrons. The van der Waals surface area contributed by atoms with E-state index >= 15 is 0 Å². The van der Waals surface area contributed by atoms with Crippen molar-refractivity contribution >= 4 is 29.3 Å². The SMILES string of the molecule is O=C(NCCC(O)C(=O)O)Nc1ccc(Cl)cc1F. The van der Waals surface area contributed by atoms with Gasteiger partial charge in [0.2, 0.25) is 0 Å². The van der Waals surface area contributed by atoms with Crippen molar-refractivity contribution in [2.24, 2.45) is 0 Å². The molecule has 0 aromatic heterocycles. The first kappa shape index (κ1) is 15.2. The van der Waals surface area contributed by atoms with E-state index in [1.807, 2.05) is 0 Å². The van der Waals surface area contributed by atoms with Gasteiger partial charge in [0.05, 0.1) is 5.69 Å². The number of carbonyl (C=O) groups is 2. The molecule has 8 heteroatoms. The van der Waals surface area contributed by atoms with E-state index in [4.69, 9.17) is 21.8 Å². The van der Waals surface area contributed by atoms with Crippen molar-refractivity contribution in [1.82, 2.24) is 5.32 Å². The first-order chi connectivity index (χ1) is 8.90. The number of amides is 2. The summed E-state index contributed by atoms with van der Waals surface area (Å²) in [6, 6.07) is 3.04. The normalized spacial score (nSPS) is 11.7. The van der Waals surface area contributed by atoms with E-state index < -0.39 is 23.9 Å². The van der Waals surface area contributed by atoms with Gasteiger partial charge in [-0.25, -0.2) is 14.0 Å². The largest absolute Gasteiger partial charge is 0.479 e. The van der Waals surface area contributed by atoms with Crippen LogP contribution in [0.25, 0.3) is 0 Å². The zero-order valence-corrected chi connectivity index (χ0v) is 10.4. The van der Waals surface area contributed by atoms with Crippen LogP contribution in [0.4, 0.5) is 14.9 Å². The molecule has 0 aliphatic heterocycles. The van der Waals surface area contributed by atoms with E-state index in [9.17, 15) is 14.0 Å². The van der Waals surface area contributed by atoms with Crippen LogP contribution in [-0.4, -0.2) is 34.9 Å². The van der Waals surface area contributed by atoms with E-state index in [1.54, 1.807) is 0 Å². The predicted molar refractivity (Wildman–Crippen MR) is 66.7 cm³/mol. The van der Waals surface area contributed by atoms with Crippen molar-refractivity contribution in [1.29, 1.82) is 0 Å². The first-order valence-electron chi connectivity index (χ1n) is 5.31. The van der Waals surface area contributed by atoms with Crippen LogP contribution in [-0.2, 0) is 4.79 Å². The summed E-state index contributed by atoms with van der Waals surface area (Å²) in [6.07, 6.45) is -1.70. The van der Waals surface area contributed by atoms with Crippen LogP contribution in [0.3, 0.4) is 0 Å². The van der Waals surface area contributed by atoms with Gasteiger partial charge in [-0.05, 0) is 18.2 Å². The average molecular weight is 291 g/mol. The number of anilines is 1. The number of aliphatic carboxylic acids is 1. The number of nitrogens with one attached hydrogen (secondary N) is 2. The van der Waals surface area contributed by atoms with Gasteiger partial charge in [0.1, 0.15) is 5.82 Å². The molecular formula is C11H12ClFN2O4. The lowest BCUT2D eigenvalue weighted by molar-refractivity contribution is -0.146. The maximum absolute atomic E-state index is 13.3. The third-order valence-corrected chi connectivity index (χ3v) is 2.40. The van der Waals surface area contributed by atoms with Gasteiger partial charge in [-0.15, -0.1) is 0 Å². The number of aliphatic hydroxyl groups excluding tert-OH is 1. The van der Waals surface area contributed by atoms with Crippen molar-refractivity contribution in [3.05, 3.63) is 29.0 Å². The Morgan fingerprint density at radius 2 is 2.11 bits per heavy atom. The number of hydrogen-bond donors (Lipinski definition) is 4. The maximum Gasteiger partial charge on any atom is 0.332 e. The molecule has 2 amide bonds. The molecule has 19 heavy (non-hydrogen) atoms. The summed E-state index contributed by atoms with van der Waals surface area (Å²) in [7, 11) is 0. The number of aliphatic hydroxyl groups is 1. The summed E-state index contributed by atoms with van der Waals surface area (Å²) in [5.74, 6) is -2.06. The Morgan fingerprint density at radius 3 is 2.68 bits per heavy atom. The van der Waals surface area contributed by atoms with Gasteiger partial charge in [-0.2, -0.15) is 0 Å². The molecule has 0 spiro atoms. The molecule has 1 aromatic rings. The van der Waals surface area contributed by atoms with Gasteiger partial charge in [-0.1, -0.05) is 11.6 Å². The monoisotopic (exact) mass is 290 g/mol. The smallest absolute Gasteiger partial charge is 0.332 e. The predicted octanol–water partition coefficient (Wildman–Crippen LogP) is 1.44. The van der Waals surface area contributed by atoms with Crippen molar-refractivity contribution in [3.63, 3.8) is 0 Å². The molecule has 0 bridgehead atoms. The maximum atomic E-state index is 13.3. The van der Waals surface area contributed by atoms with Crippen LogP contribution in [0.1, 0.15) is 6.42 Å². The Balaban J connectivity index is 2.41. The standard InChI is InChI=1S/C11H12ClFN2O4/c12-6-1-2-8(7(13)5-6)15-11(19)14-4-3-9(16)10(17)18/h1-2,5,9,16H,3-4H2,(H,17,18)(H2,14,15,19). The van der Waals surface area contributed by atoms with Gasteiger partial charge < -0.3 is 20.8 Å². The van der Waals surface area contributed by atoms with Gasteiger partial charge in [0.25, 0.3) is 0 Å². The molecule has 1 rings (SSSR count). The van der Waals surface area contributed by atoms with Crippen LogP contribution >= 0.6 is 11.6 Å². The molecule has 1 aromatic carbocycles. The summed E-state index contributed by atoms with van der Waals surface area (Å²) in [6.45, 7) is -0.0610. The zero-order chi connectivity index (χ0) is 14.4. The van der Waals surface area contributed by atoms with Crippen molar-refractivity contribution < 1.29 is 24.2 Å². The van der Waals surface area contributed by atoms with Crippen molar-refractivity contribution in [2.75, 3.05) is 11.9 Å². The lowest BCUT2D eigenvalue weighted by atomic mass is 10.2. The Hall–Kier alpha value is -1.86. The van der Waals surface area contributed by atoms with Crippen LogP contribution in [0, 0.1) is 5.82 Å². The third kappa shape index (κ3) is 5.11. The van der Waals surface area contributed by atoms with E-state index in [1.165, 1.54) is 12.1 Å². The lowest BCUT2D eigenvalue weighted by Crippen LogP contribution is -2.33. The Morgan fingerprint density at radius 1 is 1.42 bits per heavy atom. The quantitative estimate of drug-likeness (QED) is 0.659. The number of benzene rings is 1. The average Bonchev–Trinajstić information content (AvgIpc) is 2.32. The zero-order valence-electron chi connectivity index (χ0n) is 9.69. The molecule has 0 radical (unpaired) electrons. The van der Waals surface area contributed by atoms with Crippen LogP contribution in [0.5, 0.6) is 0 Å². The molecule has 0 aliphatic carbocycles. The molecule has 1 unspecified atom stereocenters. The van der Waals surface area contributed by atoms with E-state index in [0.29, 0.717) is 0 Å². The molecule has 6 nitrogen and oxygen atoms in total. The minimum Gasteiger partial charge on any atom is -0.479 e. The topological polar surface area (TPSA) is 98.7 Å². The molecule has 0 heterocycles. The van der Waals surface area contributed by atoms with Crippen LogP contribution in [0.2, 0.25) is 5.02 Å². The first-order valence-corrected chi connectivity index (χ1v) is 5.68. The third-order valence-electron chi connectivity index (χ3n) is 2.17. The highest BCUT2D eigenvalue weighted by atomic mass is 35.5. The molecule has 0 saturated carbocycles. The summed E-state index contributed by atoms with van der Waals surface area (Å²) in [5, 5.41) is 22.1. The number of halogens is 2. The second kappa shape index (κ2) is 6.91. The summed E-state index contributed by atoms with van der Waals surface area (Å²) in [4.78, 5) is 21.7. The van der Waals surface area contributed by atoms with Crippen molar-refractivity contribution in [3.8, 4) is 0 Å². The van der Waals surface area contributed by atoms with Gasteiger partial charge >= 0.3 is 12.0 Å². The highest BCUT2D eigenvalue weighted by Gasteiger charge is 2.13. The lowest BCUT2D eigenvalue weighted by Gasteiger charge is -2.09. The number of carboxylic acid groups (broad SMARTS) is 1. The Labute approximate surface area is 113 Å². The summed E-state index contributed by atoms with van der Waals surface area (Å²) >= 11 is 5.55. The molecule has 1 atom stereocenters. The van der Waals surface area contributed by atoms with Crippen molar-refractivity contribution in [2.45, 2.75) is 12.5 Å². The van der Waals surface area contributed by atoms with E-state index in [2.05, 4.69) is 10.6 Å². The number of urea groups is 1. The van der Waals surface area contributed by atoms with E-state index in [0.717, 1.165) is 6.07 Å². The second-order valence-corrected chi connectivity index (χ2v) is 4.08. The molecule has 0 saturated heterocycles. The number of carboxylic acids is 1. The molecule has 0 fully saturated rings. The molecular weight excluding hydrogens is 279 g/mol. The molecule has 4 N–H and O–H groups in total. The van der Waals surface area contributed by atoms with Gasteiger partial charge in [-0.3, -0.25) is 0 Å². The summed E-state index contributed by atoms with van der Waals surface area (Å²) < 4.78 is 13.3.